The lowest BCUT2D eigenvalue weighted by Gasteiger charge is -2.42. The highest BCUT2D eigenvalue weighted by Crippen LogP contribution is 2.41. The molecular formula is C25H30F4N2O2. The van der Waals surface area contributed by atoms with Gasteiger partial charge in [-0.25, -0.2) is 0 Å². The van der Waals surface area contributed by atoms with E-state index in [1.165, 1.54) is 4.90 Å². The summed E-state index contributed by atoms with van der Waals surface area (Å²) in [6, 6.07) is 12.1. The van der Waals surface area contributed by atoms with Gasteiger partial charge in [-0.3, -0.25) is 14.2 Å². The van der Waals surface area contributed by atoms with E-state index in [2.05, 4.69) is 4.90 Å². The zero-order valence-electron chi connectivity index (χ0n) is 18.9. The van der Waals surface area contributed by atoms with E-state index in [4.69, 9.17) is 9.47 Å². The first-order valence-electron chi connectivity index (χ1n) is 11.3. The van der Waals surface area contributed by atoms with Crippen LogP contribution in [0.3, 0.4) is 0 Å². The van der Waals surface area contributed by atoms with E-state index in [0.29, 0.717) is 24.5 Å². The molecule has 2 aliphatic rings. The van der Waals surface area contributed by atoms with Crippen LogP contribution in [0, 0.1) is 5.92 Å². The third-order valence-electron chi connectivity index (χ3n) is 6.54. The fourth-order valence-electron chi connectivity index (χ4n) is 4.84. The van der Waals surface area contributed by atoms with Gasteiger partial charge in [0.2, 0.25) is 0 Å². The van der Waals surface area contributed by atoms with Gasteiger partial charge in [-0.15, -0.1) is 0 Å². The van der Waals surface area contributed by atoms with Crippen LogP contribution in [0.5, 0.6) is 11.5 Å². The first kappa shape index (κ1) is 23.8. The molecule has 0 N–H and O–H groups in total. The molecule has 2 heterocycles. The average molecular weight is 467 g/mol. The van der Waals surface area contributed by atoms with Gasteiger partial charge >= 0.3 is 6.18 Å². The standard InChI is InChI=1S/C25H30F4N2O2/c1-17-11-20-12-22(32-2)7-8-23(20)24(31(17)16-25(27,28)29)19-3-5-21(6-4-19)33-10-9-30-14-18(13-26)15-30/h3-8,12,17-18,24H,9-11,13-16H2,1-2H3/t17-,24-/m1/s1. The van der Waals surface area contributed by atoms with Crippen molar-refractivity contribution in [3.63, 3.8) is 0 Å². The van der Waals surface area contributed by atoms with Gasteiger partial charge in [0.25, 0.3) is 0 Å². The number of fused-ring (bicyclic) bond motifs is 1. The van der Waals surface area contributed by atoms with Crippen LogP contribution in [0.4, 0.5) is 17.6 Å². The molecule has 2 atom stereocenters. The van der Waals surface area contributed by atoms with Crippen molar-refractivity contribution in [1.29, 1.82) is 0 Å². The largest absolute Gasteiger partial charge is 0.497 e. The van der Waals surface area contributed by atoms with Crippen LogP contribution in [-0.4, -0.2) is 68.6 Å². The summed E-state index contributed by atoms with van der Waals surface area (Å²) < 4.78 is 64.0. The van der Waals surface area contributed by atoms with Crippen LogP contribution in [0.2, 0.25) is 0 Å². The van der Waals surface area contributed by atoms with Crippen molar-refractivity contribution < 1.29 is 27.0 Å². The summed E-state index contributed by atoms with van der Waals surface area (Å²) in [5.41, 5.74) is 2.66. The topological polar surface area (TPSA) is 24.9 Å². The van der Waals surface area contributed by atoms with Gasteiger partial charge in [-0.05, 0) is 54.3 Å². The maximum absolute atomic E-state index is 13.4. The van der Waals surface area contributed by atoms with Crippen molar-refractivity contribution in [3.05, 3.63) is 59.2 Å². The summed E-state index contributed by atoms with van der Waals surface area (Å²) in [4.78, 5) is 3.66. The van der Waals surface area contributed by atoms with E-state index in [1.54, 1.807) is 13.2 Å². The van der Waals surface area contributed by atoms with Crippen molar-refractivity contribution >= 4 is 0 Å². The summed E-state index contributed by atoms with van der Waals surface area (Å²) in [7, 11) is 1.58. The van der Waals surface area contributed by atoms with Crippen LogP contribution in [0.15, 0.2) is 42.5 Å². The number of methoxy groups -OCH3 is 1. The molecule has 0 bridgehead atoms. The highest BCUT2D eigenvalue weighted by atomic mass is 19.4. The molecule has 0 aliphatic carbocycles. The third-order valence-corrected chi connectivity index (χ3v) is 6.54. The smallest absolute Gasteiger partial charge is 0.401 e. The Labute approximate surface area is 192 Å². The number of hydrogen-bond donors (Lipinski definition) is 0. The van der Waals surface area contributed by atoms with Gasteiger partial charge in [-0.2, -0.15) is 13.2 Å². The maximum atomic E-state index is 13.4. The van der Waals surface area contributed by atoms with Gasteiger partial charge in [0.1, 0.15) is 18.1 Å². The molecule has 180 valence electrons. The number of likely N-dealkylation sites (tertiary alicyclic amines) is 1. The van der Waals surface area contributed by atoms with E-state index in [0.717, 1.165) is 36.3 Å². The van der Waals surface area contributed by atoms with Gasteiger partial charge in [0.05, 0.1) is 26.4 Å². The quantitative estimate of drug-likeness (QED) is 0.518. The number of nitrogens with zero attached hydrogens (tertiary/aromatic N) is 2. The number of rotatable bonds is 8. The van der Waals surface area contributed by atoms with Crippen LogP contribution in [0.25, 0.3) is 0 Å². The Bertz CT molecular complexity index is 929. The van der Waals surface area contributed by atoms with Gasteiger partial charge in [-0.1, -0.05) is 18.2 Å². The molecule has 2 aliphatic heterocycles. The minimum absolute atomic E-state index is 0.143. The van der Waals surface area contributed by atoms with Gasteiger partial charge in [0.15, 0.2) is 0 Å². The molecule has 0 saturated carbocycles. The second kappa shape index (κ2) is 9.89. The molecule has 1 fully saturated rings. The Morgan fingerprint density at radius 3 is 2.36 bits per heavy atom. The van der Waals surface area contributed by atoms with Crippen LogP contribution < -0.4 is 9.47 Å². The summed E-state index contributed by atoms with van der Waals surface area (Å²) in [6.45, 7) is 3.32. The Hall–Kier alpha value is -2.32. The SMILES string of the molecule is COc1ccc2c(c1)C[C@@H](C)N(CC(F)(F)F)[C@@H]2c1ccc(OCCN2CC(CF)C2)cc1. The Morgan fingerprint density at radius 1 is 1.03 bits per heavy atom. The minimum Gasteiger partial charge on any atom is -0.497 e. The third kappa shape index (κ3) is 5.61. The fraction of sp³-hybridized carbons (Fsp3) is 0.520. The van der Waals surface area contributed by atoms with Gasteiger partial charge in [0, 0.05) is 31.6 Å². The highest BCUT2D eigenvalue weighted by Gasteiger charge is 2.40. The van der Waals surface area contributed by atoms with Gasteiger partial charge < -0.3 is 9.47 Å². The Balaban J connectivity index is 1.51. The summed E-state index contributed by atoms with van der Waals surface area (Å²) >= 11 is 0. The normalized spacial score (nSPS) is 22.0. The molecule has 1 saturated heterocycles. The van der Waals surface area contributed by atoms with E-state index < -0.39 is 18.8 Å². The second-order valence-electron chi connectivity index (χ2n) is 9.01. The first-order valence-corrected chi connectivity index (χ1v) is 11.3. The zero-order valence-corrected chi connectivity index (χ0v) is 18.9. The summed E-state index contributed by atoms with van der Waals surface area (Å²) in [5.74, 6) is 1.51. The molecule has 0 amide bonds. The van der Waals surface area contributed by atoms with Crippen molar-refractivity contribution in [2.24, 2.45) is 5.92 Å². The lowest BCUT2D eigenvalue weighted by Crippen LogP contribution is -2.49. The molecule has 0 unspecified atom stereocenters. The molecule has 8 heteroatoms. The molecule has 2 aromatic rings. The van der Waals surface area contributed by atoms with Crippen molar-refractivity contribution in [1.82, 2.24) is 9.80 Å². The molecule has 0 spiro atoms. The average Bonchev–Trinajstić information content (AvgIpc) is 2.75. The lowest BCUT2D eigenvalue weighted by molar-refractivity contribution is -0.155. The molecule has 4 nitrogen and oxygen atoms in total. The molecule has 2 aromatic carbocycles. The first-order chi connectivity index (χ1) is 15.8. The van der Waals surface area contributed by atoms with Crippen LogP contribution >= 0.6 is 0 Å². The Kier molecular flexibility index (Phi) is 7.14. The van der Waals surface area contributed by atoms with Crippen LogP contribution in [-0.2, 0) is 6.42 Å². The van der Waals surface area contributed by atoms with Crippen molar-refractivity contribution in [2.75, 3.05) is 46.6 Å². The van der Waals surface area contributed by atoms with E-state index in [-0.39, 0.29) is 18.6 Å². The fourth-order valence-corrected chi connectivity index (χ4v) is 4.84. The Morgan fingerprint density at radius 2 is 1.73 bits per heavy atom. The zero-order chi connectivity index (χ0) is 23.6. The predicted molar refractivity (Wildman–Crippen MR) is 119 cm³/mol. The molecule has 0 aromatic heterocycles. The van der Waals surface area contributed by atoms with Crippen molar-refractivity contribution in [2.45, 2.75) is 31.6 Å². The minimum atomic E-state index is -4.29. The van der Waals surface area contributed by atoms with E-state index >= 15 is 0 Å². The molecular weight excluding hydrogens is 436 g/mol. The highest BCUT2D eigenvalue weighted by molar-refractivity contribution is 5.45. The van der Waals surface area contributed by atoms with Crippen molar-refractivity contribution in [3.8, 4) is 11.5 Å². The second-order valence-corrected chi connectivity index (χ2v) is 9.01. The monoisotopic (exact) mass is 466 g/mol. The number of benzene rings is 2. The number of ether oxygens (including phenoxy) is 2. The lowest BCUT2D eigenvalue weighted by atomic mass is 9.85. The number of hydrogen-bond acceptors (Lipinski definition) is 4. The number of alkyl halides is 4. The van der Waals surface area contributed by atoms with Crippen LogP contribution in [0.1, 0.15) is 29.7 Å². The molecule has 4 rings (SSSR count). The summed E-state index contributed by atoms with van der Waals surface area (Å²) in [5, 5.41) is 0. The van der Waals surface area contributed by atoms with E-state index in [1.807, 2.05) is 43.3 Å². The number of halogens is 4. The summed E-state index contributed by atoms with van der Waals surface area (Å²) in [6.07, 6.45) is -3.77. The molecule has 0 radical (unpaired) electrons. The maximum Gasteiger partial charge on any atom is 0.401 e. The predicted octanol–water partition coefficient (Wildman–Crippen LogP) is 4.87. The molecule has 33 heavy (non-hydrogen) atoms. The van der Waals surface area contributed by atoms with E-state index in [9.17, 15) is 17.6 Å².